The van der Waals surface area contributed by atoms with Gasteiger partial charge in [0.25, 0.3) is 0 Å². The summed E-state index contributed by atoms with van der Waals surface area (Å²) < 4.78 is 0. The molecule has 0 spiro atoms. The summed E-state index contributed by atoms with van der Waals surface area (Å²) >= 11 is 0. The molecule has 0 heterocycles. The maximum Gasteiger partial charge on any atom is 0.326 e. The minimum atomic E-state index is -1.79. The molecule has 0 aliphatic carbocycles. The van der Waals surface area contributed by atoms with Crippen LogP contribution in [0.2, 0.25) is 0 Å². The zero-order valence-electron chi connectivity index (χ0n) is 18.7. The zero-order valence-corrected chi connectivity index (χ0v) is 18.7. The Bertz CT molecular complexity index is 806. The van der Waals surface area contributed by atoms with Crippen LogP contribution in [-0.4, -0.2) is 139 Å². The van der Waals surface area contributed by atoms with E-state index < -0.39 is 98.7 Å². The van der Waals surface area contributed by atoms with Crippen LogP contribution in [0.25, 0.3) is 0 Å². The number of hydrogen-bond donors (Lipinski definition) is 8. The summed E-state index contributed by atoms with van der Waals surface area (Å²) in [7, 11) is 0. The zero-order chi connectivity index (χ0) is 28.0. The Kier molecular flexibility index (Phi) is 13.7. The summed E-state index contributed by atoms with van der Waals surface area (Å²) in [6, 6.07) is -3.58. The summed E-state index contributed by atoms with van der Waals surface area (Å²) in [4.78, 5) is 92.0. The number of carboxylic acid groups (broad SMARTS) is 6. The highest BCUT2D eigenvalue weighted by molar-refractivity contribution is 5.88. The predicted molar refractivity (Wildman–Crippen MR) is 112 cm³/mol. The van der Waals surface area contributed by atoms with Gasteiger partial charge in [-0.05, 0) is 0 Å². The van der Waals surface area contributed by atoms with Crippen molar-refractivity contribution in [3.8, 4) is 0 Å². The highest BCUT2D eigenvalue weighted by Gasteiger charge is 2.26. The van der Waals surface area contributed by atoms with Crippen molar-refractivity contribution in [1.82, 2.24) is 20.4 Å². The Morgan fingerprint density at radius 2 is 0.806 bits per heavy atom. The largest absolute Gasteiger partial charge is 0.481 e. The highest BCUT2D eigenvalue weighted by Crippen LogP contribution is 1.99. The summed E-state index contributed by atoms with van der Waals surface area (Å²) in [5.74, 6) is -11.2. The maximum atomic E-state index is 12.1. The van der Waals surface area contributed by atoms with E-state index in [1.54, 1.807) is 0 Å². The van der Waals surface area contributed by atoms with Gasteiger partial charge in [-0.2, -0.15) is 0 Å². The van der Waals surface area contributed by atoms with E-state index in [0.717, 1.165) is 9.80 Å². The molecule has 0 aliphatic heterocycles. The van der Waals surface area contributed by atoms with E-state index in [-0.39, 0.29) is 13.1 Å². The third-order valence-electron chi connectivity index (χ3n) is 4.21. The average Bonchev–Trinajstić information content (AvgIpc) is 2.69. The van der Waals surface area contributed by atoms with E-state index in [0.29, 0.717) is 0 Å². The molecule has 202 valence electrons. The molecule has 0 saturated heterocycles. The quantitative estimate of drug-likeness (QED) is 0.0798. The second-order valence-corrected chi connectivity index (χ2v) is 7.32. The molecule has 2 atom stereocenters. The summed E-state index contributed by atoms with van der Waals surface area (Å²) in [6.07, 6.45) is -1.89. The standard InChI is InChI=1S/C18H26N4O14/c23-11(19-9(17(33)34)3-13(25)26)5-21(7-15(29)30)1-2-22(8-16(31)32)6-12(24)20-10(18(35)36)4-14(27)28/h9-10H,1-8H2,(H,19,23)(H,20,24)(H,25,26)(H,27,28)(H,29,30)(H,31,32)(H,33,34)(H,35,36)/t9-,10+. The molecular weight excluding hydrogens is 496 g/mol. The van der Waals surface area contributed by atoms with Gasteiger partial charge in [0.2, 0.25) is 11.8 Å². The third kappa shape index (κ3) is 14.8. The minimum absolute atomic E-state index is 0.339. The second kappa shape index (κ2) is 15.6. The smallest absolute Gasteiger partial charge is 0.326 e. The molecule has 36 heavy (non-hydrogen) atoms. The van der Waals surface area contributed by atoms with E-state index >= 15 is 0 Å². The van der Waals surface area contributed by atoms with E-state index in [1.807, 2.05) is 10.6 Å². The Balaban J connectivity index is 5.27. The number of carbonyl (C=O) groups is 8. The Labute approximate surface area is 202 Å². The number of carboxylic acids is 6. The van der Waals surface area contributed by atoms with Gasteiger partial charge in [0.05, 0.1) is 39.0 Å². The fourth-order valence-corrected chi connectivity index (χ4v) is 2.73. The van der Waals surface area contributed by atoms with E-state index in [9.17, 15) is 38.4 Å². The van der Waals surface area contributed by atoms with Crippen molar-refractivity contribution in [3.05, 3.63) is 0 Å². The molecule has 18 heteroatoms. The van der Waals surface area contributed by atoms with Crippen LogP contribution in [0.15, 0.2) is 0 Å². The summed E-state index contributed by atoms with van der Waals surface area (Å²) in [5, 5.41) is 57.3. The van der Waals surface area contributed by atoms with Gasteiger partial charge in [0.15, 0.2) is 0 Å². The van der Waals surface area contributed by atoms with Crippen molar-refractivity contribution < 1.29 is 69.0 Å². The lowest BCUT2D eigenvalue weighted by Crippen LogP contribution is -2.50. The van der Waals surface area contributed by atoms with Gasteiger partial charge in [0, 0.05) is 13.1 Å². The lowest BCUT2D eigenvalue weighted by molar-refractivity contribution is -0.147. The van der Waals surface area contributed by atoms with Gasteiger partial charge in [-0.25, -0.2) is 9.59 Å². The molecule has 0 unspecified atom stereocenters. The van der Waals surface area contributed by atoms with Crippen molar-refractivity contribution in [1.29, 1.82) is 0 Å². The monoisotopic (exact) mass is 522 g/mol. The van der Waals surface area contributed by atoms with Crippen LogP contribution in [0, 0.1) is 0 Å². The van der Waals surface area contributed by atoms with Gasteiger partial charge >= 0.3 is 35.8 Å². The molecule has 0 rings (SSSR count). The molecule has 0 aromatic rings. The lowest BCUT2D eigenvalue weighted by atomic mass is 10.2. The highest BCUT2D eigenvalue weighted by atomic mass is 16.4. The van der Waals surface area contributed by atoms with Crippen LogP contribution in [0.3, 0.4) is 0 Å². The van der Waals surface area contributed by atoms with E-state index in [4.69, 9.17) is 30.6 Å². The molecule has 0 aliphatic rings. The van der Waals surface area contributed by atoms with Crippen LogP contribution in [0.1, 0.15) is 12.8 Å². The molecule has 0 fully saturated rings. The van der Waals surface area contributed by atoms with Gasteiger partial charge in [0.1, 0.15) is 12.1 Å². The second-order valence-electron chi connectivity index (χ2n) is 7.32. The minimum Gasteiger partial charge on any atom is -0.481 e. The van der Waals surface area contributed by atoms with E-state index in [1.165, 1.54) is 0 Å². The van der Waals surface area contributed by atoms with Crippen LogP contribution in [-0.2, 0) is 38.4 Å². The Morgan fingerprint density at radius 1 is 0.500 bits per heavy atom. The third-order valence-corrected chi connectivity index (χ3v) is 4.21. The fourth-order valence-electron chi connectivity index (χ4n) is 2.73. The first-order valence-corrected chi connectivity index (χ1v) is 9.96. The summed E-state index contributed by atoms with van der Waals surface area (Å²) in [6.45, 7) is -3.65. The average molecular weight is 522 g/mol. The number of carbonyl (C=O) groups excluding carboxylic acids is 2. The fraction of sp³-hybridized carbons (Fsp3) is 0.556. The van der Waals surface area contributed by atoms with Gasteiger partial charge in [-0.1, -0.05) is 0 Å². The Morgan fingerprint density at radius 3 is 1.03 bits per heavy atom. The number of aliphatic carboxylic acids is 6. The van der Waals surface area contributed by atoms with Crippen LogP contribution < -0.4 is 10.6 Å². The number of rotatable bonds is 19. The molecule has 0 bridgehead atoms. The van der Waals surface area contributed by atoms with Crippen LogP contribution in [0.5, 0.6) is 0 Å². The van der Waals surface area contributed by atoms with Crippen molar-refractivity contribution in [3.63, 3.8) is 0 Å². The lowest BCUT2D eigenvalue weighted by Gasteiger charge is -2.26. The van der Waals surface area contributed by atoms with E-state index in [2.05, 4.69) is 0 Å². The molecule has 0 radical (unpaired) electrons. The first-order chi connectivity index (χ1) is 16.6. The van der Waals surface area contributed by atoms with Gasteiger partial charge in [-0.15, -0.1) is 0 Å². The molecular formula is C18H26N4O14. The number of amides is 2. The van der Waals surface area contributed by atoms with Crippen molar-refractivity contribution in [2.45, 2.75) is 24.9 Å². The molecule has 18 nitrogen and oxygen atoms in total. The van der Waals surface area contributed by atoms with Crippen molar-refractivity contribution in [2.24, 2.45) is 0 Å². The first kappa shape index (κ1) is 31.7. The molecule has 2 amide bonds. The van der Waals surface area contributed by atoms with Crippen molar-refractivity contribution in [2.75, 3.05) is 39.3 Å². The van der Waals surface area contributed by atoms with Crippen LogP contribution >= 0.6 is 0 Å². The molecule has 0 aromatic heterocycles. The van der Waals surface area contributed by atoms with Gasteiger partial charge in [-0.3, -0.25) is 38.6 Å². The first-order valence-electron chi connectivity index (χ1n) is 9.96. The summed E-state index contributed by atoms with van der Waals surface area (Å²) in [5.41, 5.74) is 0. The van der Waals surface area contributed by atoms with Crippen molar-refractivity contribution >= 4 is 47.6 Å². The number of nitrogens with zero attached hydrogens (tertiary/aromatic N) is 2. The molecule has 0 saturated carbocycles. The molecule has 8 N–H and O–H groups in total. The molecule has 0 aromatic carbocycles. The number of hydrogen-bond acceptors (Lipinski definition) is 10. The number of nitrogens with one attached hydrogen (secondary N) is 2. The predicted octanol–water partition coefficient (Wildman–Crippen LogP) is -4.15. The van der Waals surface area contributed by atoms with Crippen LogP contribution in [0.4, 0.5) is 0 Å². The Hall–Kier alpha value is -4.32. The van der Waals surface area contributed by atoms with Gasteiger partial charge < -0.3 is 41.3 Å². The maximum absolute atomic E-state index is 12.1. The SMILES string of the molecule is O=C(O)C[C@H](NC(=O)CN(CCN(CC(=O)O)CC(=O)N[C@H](CC(=O)O)C(=O)O)CC(=O)O)C(=O)O. The normalized spacial score (nSPS) is 12.4. The topological polar surface area (TPSA) is 288 Å².